The van der Waals surface area contributed by atoms with E-state index in [0.29, 0.717) is 6.54 Å². The molecule has 5 heteroatoms. The molecule has 1 aromatic carbocycles. The molecule has 1 saturated heterocycles. The van der Waals surface area contributed by atoms with Crippen LogP contribution in [0.4, 0.5) is 14.9 Å². The van der Waals surface area contributed by atoms with Crippen LogP contribution < -0.4 is 10.2 Å². The molecule has 3 atom stereocenters. The van der Waals surface area contributed by atoms with Crippen LogP contribution in [0.1, 0.15) is 51.9 Å². The summed E-state index contributed by atoms with van der Waals surface area (Å²) in [5.74, 6) is 2.61. The first kappa shape index (κ1) is 19.7. The van der Waals surface area contributed by atoms with E-state index in [0.717, 1.165) is 55.8 Å². The highest BCUT2D eigenvalue weighted by molar-refractivity contribution is 5.92. The predicted octanol–water partition coefficient (Wildman–Crippen LogP) is 4.65. The summed E-state index contributed by atoms with van der Waals surface area (Å²) in [6.07, 6.45) is 8.69. The Morgan fingerprint density at radius 1 is 1.14 bits per heavy atom. The maximum absolute atomic E-state index is 13.4. The second-order valence-electron chi connectivity index (χ2n) is 9.05. The number of rotatable bonds is 6. The number of piperidine rings is 1. The summed E-state index contributed by atoms with van der Waals surface area (Å²) in [7, 11) is 0. The predicted molar refractivity (Wildman–Crippen MR) is 111 cm³/mol. The van der Waals surface area contributed by atoms with Gasteiger partial charge in [-0.2, -0.15) is 0 Å². The van der Waals surface area contributed by atoms with E-state index < -0.39 is 0 Å². The van der Waals surface area contributed by atoms with E-state index in [1.54, 1.807) is 12.1 Å². The molecule has 0 aromatic heterocycles. The number of fused-ring (bicyclic) bond motifs is 2. The Morgan fingerprint density at radius 3 is 2.50 bits per heavy atom. The summed E-state index contributed by atoms with van der Waals surface area (Å²) in [6, 6.07) is 6.46. The van der Waals surface area contributed by atoms with E-state index in [1.165, 1.54) is 44.4 Å². The molecule has 3 unspecified atom stereocenters. The Bertz CT molecular complexity index is 656. The Hall–Kier alpha value is -1.62. The lowest BCUT2D eigenvalue weighted by Gasteiger charge is -2.40. The van der Waals surface area contributed by atoms with Crippen LogP contribution in [0.5, 0.6) is 0 Å². The fourth-order valence-electron chi connectivity index (χ4n) is 5.70. The molecule has 2 bridgehead atoms. The molecule has 1 aliphatic heterocycles. The van der Waals surface area contributed by atoms with Gasteiger partial charge in [0.1, 0.15) is 5.82 Å². The standard InChI is InChI=1S/C23H34FN3O/c1-2-11-25-23(28)27(21-7-5-20(24)6-8-21)22-9-12-26(13-10-22)16-19-15-17-3-4-18(19)14-17/h5-8,17-19,22H,2-4,9-16H2,1H3,(H,25,28). The number of carbonyl (C=O) groups excluding carboxylic acids is 1. The van der Waals surface area contributed by atoms with Crippen molar-refractivity contribution >= 4 is 11.7 Å². The van der Waals surface area contributed by atoms with Crippen molar-refractivity contribution in [3.05, 3.63) is 30.1 Å². The number of halogens is 1. The highest BCUT2D eigenvalue weighted by Gasteiger charge is 2.40. The van der Waals surface area contributed by atoms with Gasteiger partial charge in [0.05, 0.1) is 0 Å². The number of nitrogens with zero attached hydrogens (tertiary/aromatic N) is 2. The zero-order valence-corrected chi connectivity index (χ0v) is 17.1. The molecular formula is C23H34FN3O. The minimum Gasteiger partial charge on any atom is -0.338 e. The van der Waals surface area contributed by atoms with Crippen molar-refractivity contribution in [2.24, 2.45) is 17.8 Å². The minimum absolute atomic E-state index is 0.0555. The molecule has 0 spiro atoms. The third-order valence-corrected chi connectivity index (χ3v) is 7.15. The van der Waals surface area contributed by atoms with Gasteiger partial charge >= 0.3 is 6.03 Å². The highest BCUT2D eigenvalue weighted by Crippen LogP contribution is 2.48. The summed E-state index contributed by atoms with van der Waals surface area (Å²) >= 11 is 0. The topological polar surface area (TPSA) is 35.6 Å². The first-order valence-corrected chi connectivity index (χ1v) is 11.2. The molecule has 2 aliphatic carbocycles. The van der Waals surface area contributed by atoms with Crippen LogP contribution in [0.25, 0.3) is 0 Å². The quantitative estimate of drug-likeness (QED) is 0.771. The Morgan fingerprint density at radius 2 is 1.89 bits per heavy atom. The monoisotopic (exact) mass is 387 g/mol. The fraction of sp³-hybridized carbons (Fsp3) is 0.696. The number of likely N-dealkylation sites (tertiary alicyclic amines) is 1. The van der Waals surface area contributed by atoms with Crippen molar-refractivity contribution in [1.29, 1.82) is 0 Å². The summed E-state index contributed by atoms with van der Waals surface area (Å²) in [5.41, 5.74) is 0.793. The number of urea groups is 1. The van der Waals surface area contributed by atoms with Crippen molar-refractivity contribution < 1.29 is 9.18 Å². The maximum Gasteiger partial charge on any atom is 0.322 e. The molecule has 0 radical (unpaired) electrons. The van der Waals surface area contributed by atoms with E-state index in [2.05, 4.69) is 17.1 Å². The number of hydrogen-bond acceptors (Lipinski definition) is 2. The number of hydrogen-bond donors (Lipinski definition) is 1. The van der Waals surface area contributed by atoms with Crippen LogP contribution in [0.3, 0.4) is 0 Å². The first-order valence-electron chi connectivity index (χ1n) is 11.2. The van der Waals surface area contributed by atoms with Gasteiger partial charge in [-0.1, -0.05) is 13.3 Å². The van der Waals surface area contributed by atoms with Crippen LogP contribution in [0, 0.1) is 23.6 Å². The normalized spacial score (nSPS) is 27.9. The number of amides is 2. The molecule has 4 rings (SSSR count). The second-order valence-corrected chi connectivity index (χ2v) is 9.05. The molecule has 2 amide bonds. The second kappa shape index (κ2) is 8.81. The molecule has 2 saturated carbocycles. The van der Waals surface area contributed by atoms with Gasteiger partial charge in [-0.15, -0.1) is 0 Å². The molecule has 154 valence electrons. The lowest BCUT2D eigenvalue weighted by Crippen LogP contribution is -2.51. The van der Waals surface area contributed by atoms with Crippen LogP contribution in [-0.4, -0.2) is 43.2 Å². The van der Waals surface area contributed by atoms with E-state index in [-0.39, 0.29) is 17.9 Å². The van der Waals surface area contributed by atoms with E-state index in [1.807, 2.05) is 4.90 Å². The van der Waals surface area contributed by atoms with Crippen molar-refractivity contribution in [3.8, 4) is 0 Å². The fourth-order valence-corrected chi connectivity index (χ4v) is 5.70. The van der Waals surface area contributed by atoms with Crippen molar-refractivity contribution in [1.82, 2.24) is 10.2 Å². The van der Waals surface area contributed by atoms with Gasteiger partial charge in [0.2, 0.25) is 0 Å². The number of nitrogens with one attached hydrogen (secondary N) is 1. The minimum atomic E-state index is -0.265. The average molecular weight is 388 g/mol. The van der Waals surface area contributed by atoms with Gasteiger partial charge in [0.25, 0.3) is 0 Å². The molecule has 1 N–H and O–H groups in total. The maximum atomic E-state index is 13.4. The number of carbonyl (C=O) groups is 1. The molecule has 3 aliphatic rings. The molecule has 3 fully saturated rings. The largest absolute Gasteiger partial charge is 0.338 e. The third kappa shape index (κ3) is 4.35. The lowest BCUT2D eigenvalue weighted by molar-refractivity contribution is 0.154. The summed E-state index contributed by atoms with van der Waals surface area (Å²) in [4.78, 5) is 17.3. The van der Waals surface area contributed by atoms with Gasteiger partial charge in [0.15, 0.2) is 0 Å². The molecule has 1 heterocycles. The first-order chi connectivity index (χ1) is 13.6. The van der Waals surface area contributed by atoms with Gasteiger partial charge in [-0.05, 0) is 80.5 Å². The SMILES string of the molecule is CCCNC(=O)N(c1ccc(F)cc1)C1CCN(CC2CC3CCC2C3)CC1. The van der Waals surface area contributed by atoms with Crippen LogP contribution in [0.15, 0.2) is 24.3 Å². The molecule has 1 aromatic rings. The number of benzene rings is 1. The Kier molecular flexibility index (Phi) is 6.19. The van der Waals surface area contributed by atoms with Crippen LogP contribution >= 0.6 is 0 Å². The van der Waals surface area contributed by atoms with E-state index in [9.17, 15) is 9.18 Å². The summed E-state index contributed by atoms with van der Waals surface area (Å²) in [6.45, 7) is 6.07. The van der Waals surface area contributed by atoms with Gasteiger partial charge < -0.3 is 10.2 Å². The summed E-state index contributed by atoms with van der Waals surface area (Å²) in [5, 5.41) is 3.01. The van der Waals surface area contributed by atoms with Crippen molar-refractivity contribution in [2.75, 3.05) is 31.1 Å². The zero-order valence-electron chi connectivity index (χ0n) is 17.1. The van der Waals surface area contributed by atoms with Crippen LogP contribution in [-0.2, 0) is 0 Å². The smallest absolute Gasteiger partial charge is 0.322 e. The van der Waals surface area contributed by atoms with Crippen molar-refractivity contribution in [3.63, 3.8) is 0 Å². The van der Waals surface area contributed by atoms with Crippen molar-refractivity contribution in [2.45, 2.75) is 57.9 Å². The molecular weight excluding hydrogens is 353 g/mol. The third-order valence-electron chi connectivity index (χ3n) is 7.15. The van der Waals surface area contributed by atoms with E-state index >= 15 is 0 Å². The Labute approximate surface area is 168 Å². The highest BCUT2D eigenvalue weighted by atomic mass is 19.1. The molecule has 28 heavy (non-hydrogen) atoms. The van der Waals surface area contributed by atoms with Gasteiger partial charge in [0, 0.05) is 37.9 Å². The molecule has 4 nitrogen and oxygen atoms in total. The van der Waals surface area contributed by atoms with Gasteiger partial charge in [-0.25, -0.2) is 9.18 Å². The van der Waals surface area contributed by atoms with E-state index in [4.69, 9.17) is 0 Å². The lowest BCUT2D eigenvalue weighted by atomic mass is 9.88. The Balaban J connectivity index is 1.37. The van der Waals surface area contributed by atoms with Gasteiger partial charge in [-0.3, -0.25) is 4.90 Å². The number of anilines is 1. The van der Waals surface area contributed by atoms with Crippen LogP contribution in [0.2, 0.25) is 0 Å². The average Bonchev–Trinajstić information content (AvgIpc) is 3.32. The summed E-state index contributed by atoms with van der Waals surface area (Å²) < 4.78 is 13.4. The zero-order chi connectivity index (χ0) is 19.5.